The van der Waals surface area contributed by atoms with Gasteiger partial charge in [0, 0.05) is 6.42 Å². The smallest absolute Gasteiger partial charge is 0.168 e. The average Bonchev–Trinajstić information content (AvgIpc) is 2.36. The molecule has 0 amide bonds. The zero-order valence-corrected chi connectivity index (χ0v) is 11.3. The van der Waals surface area contributed by atoms with E-state index in [1.807, 2.05) is 0 Å². The minimum Gasteiger partial charge on any atom is -0.330 e. The van der Waals surface area contributed by atoms with Gasteiger partial charge in [0.25, 0.3) is 0 Å². The van der Waals surface area contributed by atoms with E-state index in [9.17, 15) is 13.6 Å². The predicted molar refractivity (Wildman–Crippen MR) is 72.0 cm³/mol. The van der Waals surface area contributed by atoms with E-state index in [1.54, 1.807) is 0 Å². The molecule has 0 aliphatic rings. The molecule has 1 unspecified atom stereocenters. The van der Waals surface area contributed by atoms with Gasteiger partial charge in [-0.25, -0.2) is 8.78 Å². The molecule has 0 aliphatic heterocycles. The van der Waals surface area contributed by atoms with Gasteiger partial charge >= 0.3 is 0 Å². The lowest BCUT2D eigenvalue weighted by Gasteiger charge is -2.14. The molecule has 1 atom stereocenters. The minimum absolute atomic E-state index is 0.169. The Bertz CT molecular complexity index is 394. The van der Waals surface area contributed by atoms with E-state index >= 15 is 0 Å². The van der Waals surface area contributed by atoms with Crippen molar-refractivity contribution < 1.29 is 13.6 Å². The van der Waals surface area contributed by atoms with Crippen LogP contribution < -0.4 is 5.73 Å². The van der Waals surface area contributed by atoms with Crippen LogP contribution in [-0.2, 0) is 0 Å². The van der Waals surface area contributed by atoms with Crippen LogP contribution >= 0.6 is 0 Å². The molecule has 1 aromatic rings. The summed E-state index contributed by atoms with van der Waals surface area (Å²) in [7, 11) is 0. The maximum Gasteiger partial charge on any atom is 0.168 e. The van der Waals surface area contributed by atoms with Crippen molar-refractivity contribution >= 4 is 5.78 Å². The van der Waals surface area contributed by atoms with Crippen LogP contribution in [0.4, 0.5) is 8.78 Å². The Balaban J connectivity index is 2.64. The fraction of sp³-hybridized carbons (Fsp3) is 0.533. The molecular formula is C15H21F2NO. The van der Waals surface area contributed by atoms with Gasteiger partial charge < -0.3 is 5.73 Å². The number of benzene rings is 1. The maximum absolute atomic E-state index is 13.4. The lowest BCUT2D eigenvalue weighted by molar-refractivity contribution is 0.0964. The van der Waals surface area contributed by atoms with Gasteiger partial charge in [-0.1, -0.05) is 25.8 Å². The Kier molecular flexibility index (Phi) is 6.64. The van der Waals surface area contributed by atoms with Crippen LogP contribution in [0.1, 0.15) is 49.4 Å². The van der Waals surface area contributed by atoms with Crippen molar-refractivity contribution in [3.63, 3.8) is 0 Å². The second-order valence-corrected chi connectivity index (χ2v) is 4.79. The Morgan fingerprint density at radius 2 is 1.84 bits per heavy atom. The fourth-order valence-electron chi connectivity index (χ4n) is 2.30. The summed E-state index contributed by atoms with van der Waals surface area (Å²) in [5, 5.41) is 0. The molecule has 1 aromatic carbocycles. The van der Waals surface area contributed by atoms with E-state index in [-0.39, 0.29) is 6.42 Å². The fourth-order valence-corrected chi connectivity index (χ4v) is 2.30. The number of halogens is 2. The lowest BCUT2D eigenvalue weighted by Crippen LogP contribution is -2.12. The van der Waals surface area contributed by atoms with Gasteiger partial charge in [-0.3, -0.25) is 4.79 Å². The third-order valence-corrected chi connectivity index (χ3v) is 3.29. The largest absolute Gasteiger partial charge is 0.330 e. The summed E-state index contributed by atoms with van der Waals surface area (Å²) >= 11 is 0. The van der Waals surface area contributed by atoms with Crippen LogP contribution in [0.2, 0.25) is 0 Å². The summed E-state index contributed by atoms with van der Waals surface area (Å²) < 4.78 is 26.9. The molecule has 0 radical (unpaired) electrons. The number of rotatable bonds is 8. The monoisotopic (exact) mass is 269 g/mol. The Morgan fingerprint density at radius 1 is 1.21 bits per heavy atom. The van der Waals surface area contributed by atoms with Crippen molar-refractivity contribution in [2.45, 2.75) is 39.0 Å². The molecule has 19 heavy (non-hydrogen) atoms. The summed E-state index contributed by atoms with van der Waals surface area (Å²) in [4.78, 5) is 11.9. The number of ketones is 1. The molecule has 0 heterocycles. The highest BCUT2D eigenvalue weighted by Gasteiger charge is 2.18. The summed E-state index contributed by atoms with van der Waals surface area (Å²) in [5.41, 5.74) is 5.11. The van der Waals surface area contributed by atoms with Crippen molar-refractivity contribution in [3.8, 4) is 0 Å². The molecule has 0 aliphatic carbocycles. The van der Waals surface area contributed by atoms with Crippen LogP contribution in [-0.4, -0.2) is 12.3 Å². The lowest BCUT2D eigenvalue weighted by atomic mass is 9.92. The Morgan fingerprint density at radius 3 is 2.37 bits per heavy atom. The molecule has 4 heteroatoms. The first-order valence-electron chi connectivity index (χ1n) is 6.77. The molecule has 0 spiro atoms. The van der Waals surface area contributed by atoms with Crippen LogP contribution in [0.5, 0.6) is 0 Å². The van der Waals surface area contributed by atoms with Gasteiger partial charge in [0.1, 0.15) is 11.6 Å². The Hall–Kier alpha value is -1.29. The zero-order valence-electron chi connectivity index (χ0n) is 11.3. The standard InChI is InChI=1S/C15H21F2NO/c1-2-4-11(9-10-18)7-8-14(19)15-12(16)5-3-6-13(15)17/h3,5-6,11H,2,4,7-10,18H2,1H3. The highest BCUT2D eigenvalue weighted by molar-refractivity contribution is 5.96. The van der Waals surface area contributed by atoms with Gasteiger partial charge in [0.2, 0.25) is 0 Å². The SMILES string of the molecule is CCCC(CCN)CCC(=O)c1c(F)cccc1F. The van der Waals surface area contributed by atoms with Crippen molar-refractivity contribution in [3.05, 3.63) is 35.4 Å². The molecule has 0 aromatic heterocycles. The molecule has 1 rings (SSSR count). The first kappa shape index (κ1) is 15.8. The van der Waals surface area contributed by atoms with Crippen molar-refractivity contribution in [2.24, 2.45) is 11.7 Å². The number of nitrogens with two attached hydrogens (primary N) is 1. The highest BCUT2D eigenvalue weighted by atomic mass is 19.1. The van der Waals surface area contributed by atoms with Crippen molar-refractivity contribution in [1.29, 1.82) is 0 Å². The zero-order chi connectivity index (χ0) is 14.3. The normalized spacial score (nSPS) is 12.4. The van der Waals surface area contributed by atoms with E-state index in [1.165, 1.54) is 6.07 Å². The van der Waals surface area contributed by atoms with Gasteiger partial charge in [0.15, 0.2) is 5.78 Å². The van der Waals surface area contributed by atoms with Crippen molar-refractivity contribution in [2.75, 3.05) is 6.54 Å². The van der Waals surface area contributed by atoms with Crippen molar-refractivity contribution in [1.82, 2.24) is 0 Å². The van der Waals surface area contributed by atoms with E-state index in [4.69, 9.17) is 5.73 Å². The van der Waals surface area contributed by atoms with Gasteiger partial charge in [0.05, 0.1) is 5.56 Å². The highest BCUT2D eigenvalue weighted by Crippen LogP contribution is 2.21. The number of hydrogen-bond donors (Lipinski definition) is 1. The average molecular weight is 269 g/mol. The van der Waals surface area contributed by atoms with E-state index in [0.29, 0.717) is 18.9 Å². The first-order valence-corrected chi connectivity index (χ1v) is 6.77. The van der Waals surface area contributed by atoms with Gasteiger partial charge in [-0.05, 0) is 37.4 Å². The van der Waals surface area contributed by atoms with E-state index in [2.05, 4.69) is 6.92 Å². The molecular weight excluding hydrogens is 248 g/mol. The molecule has 0 bridgehead atoms. The summed E-state index contributed by atoms with van der Waals surface area (Å²) in [6.07, 6.45) is 3.66. The third kappa shape index (κ3) is 4.71. The summed E-state index contributed by atoms with van der Waals surface area (Å²) in [5.74, 6) is -1.67. The number of hydrogen-bond acceptors (Lipinski definition) is 2. The number of carbonyl (C=O) groups excluding carboxylic acids is 1. The van der Waals surface area contributed by atoms with Crippen LogP contribution in [0.25, 0.3) is 0 Å². The second-order valence-electron chi connectivity index (χ2n) is 4.79. The van der Waals surface area contributed by atoms with Crippen LogP contribution in [0, 0.1) is 17.6 Å². The third-order valence-electron chi connectivity index (χ3n) is 3.29. The van der Waals surface area contributed by atoms with Gasteiger partial charge in [-0.15, -0.1) is 0 Å². The van der Waals surface area contributed by atoms with E-state index in [0.717, 1.165) is 31.4 Å². The predicted octanol–water partition coefficient (Wildman–Crippen LogP) is 3.69. The minimum atomic E-state index is -0.782. The van der Waals surface area contributed by atoms with Gasteiger partial charge in [-0.2, -0.15) is 0 Å². The summed E-state index contributed by atoms with van der Waals surface area (Å²) in [6, 6.07) is 3.48. The maximum atomic E-state index is 13.4. The topological polar surface area (TPSA) is 43.1 Å². The molecule has 106 valence electrons. The molecule has 2 nitrogen and oxygen atoms in total. The quantitative estimate of drug-likeness (QED) is 0.731. The number of Topliss-reactive ketones (excluding diaryl/α,β-unsaturated/α-hetero) is 1. The molecule has 0 fully saturated rings. The Labute approximate surface area is 113 Å². The molecule has 0 saturated heterocycles. The first-order chi connectivity index (χ1) is 9.10. The molecule has 2 N–H and O–H groups in total. The summed E-state index contributed by atoms with van der Waals surface area (Å²) in [6.45, 7) is 2.65. The number of carbonyl (C=O) groups is 1. The molecule has 0 saturated carbocycles. The van der Waals surface area contributed by atoms with E-state index < -0.39 is 23.0 Å². The van der Waals surface area contributed by atoms with Crippen LogP contribution in [0.3, 0.4) is 0 Å². The second kappa shape index (κ2) is 8.00. The van der Waals surface area contributed by atoms with Crippen LogP contribution in [0.15, 0.2) is 18.2 Å².